The molecule has 0 fully saturated rings. The fourth-order valence-electron chi connectivity index (χ4n) is 2.46. The van der Waals surface area contributed by atoms with Crippen molar-refractivity contribution in [3.63, 3.8) is 0 Å². The molecule has 0 bridgehead atoms. The average Bonchev–Trinajstić information content (AvgIpc) is 2.49. The molecule has 1 atom stereocenters. The Morgan fingerprint density at radius 2 is 1.76 bits per heavy atom. The van der Waals surface area contributed by atoms with Gasteiger partial charge in [-0.15, -0.1) is 0 Å². The summed E-state index contributed by atoms with van der Waals surface area (Å²) in [6, 6.07) is 8.37. The molecule has 2 N–H and O–H groups in total. The number of ether oxygens (including phenoxy) is 1. The Morgan fingerprint density at radius 1 is 1.14 bits per heavy atom. The first-order valence-corrected chi connectivity index (χ1v) is 8.07. The molecule has 0 heterocycles. The van der Waals surface area contributed by atoms with Crippen molar-refractivity contribution in [1.29, 1.82) is 0 Å². The minimum absolute atomic E-state index is 0.0257. The van der Waals surface area contributed by atoms with Crippen LogP contribution < -0.4 is 10.1 Å². The third kappa shape index (κ3) is 5.01. The fraction of sp³-hybridized carbons (Fsp3) is 0.667. The van der Waals surface area contributed by atoms with Gasteiger partial charge in [0.2, 0.25) is 0 Å². The minimum atomic E-state index is -0.0257. The van der Waals surface area contributed by atoms with E-state index < -0.39 is 0 Å². The molecule has 0 saturated heterocycles. The van der Waals surface area contributed by atoms with Crippen molar-refractivity contribution < 1.29 is 9.84 Å². The summed E-state index contributed by atoms with van der Waals surface area (Å²) in [5.74, 6) is 0.940. The Morgan fingerprint density at radius 3 is 2.29 bits per heavy atom. The maximum absolute atomic E-state index is 9.67. The molecule has 0 aliphatic heterocycles. The highest BCUT2D eigenvalue weighted by Crippen LogP contribution is 2.29. The lowest BCUT2D eigenvalue weighted by atomic mass is 9.83. The number of rotatable bonds is 9. The summed E-state index contributed by atoms with van der Waals surface area (Å²) in [4.78, 5) is 0. The zero-order valence-electron chi connectivity index (χ0n) is 14.1. The molecule has 0 saturated carbocycles. The molecule has 3 nitrogen and oxygen atoms in total. The zero-order chi connectivity index (χ0) is 15.9. The molecule has 0 spiro atoms. The van der Waals surface area contributed by atoms with Gasteiger partial charge in [-0.25, -0.2) is 0 Å². The molecule has 1 aromatic carbocycles. The van der Waals surface area contributed by atoms with Crippen molar-refractivity contribution >= 4 is 0 Å². The molecule has 0 radical (unpaired) electrons. The smallest absolute Gasteiger partial charge is 0.124 e. The lowest BCUT2D eigenvalue weighted by Gasteiger charge is -2.31. The number of hydrogen-bond acceptors (Lipinski definition) is 3. The van der Waals surface area contributed by atoms with E-state index in [9.17, 15) is 5.11 Å². The molecule has 1 unspecified atom stereocenters. The van der Waals surface area contributed by atoms with Crippen molar-refractivity contribution in [1.82, 2.24) is 5.32 Å². The number of hydrogen-bond donors (Lipinski definition) is 2. The van der Waals surface area contributed by atoms with E-state index in [2.05, 4.69) is 32.2 Å². The van der Waals surface area contributed by atoms with Crippen LogP contribution in [-0.4, -0.2) is 24.4 Å². The summed E-state index contributed by atoms with van der Waals surface area (Å²) in [5.41, 5.74) is 1.15. The predicted molar refractivity (Wildman–Crippen MR) is 88.7 cm³/mol. The van der Waals surface area contributed by atoms with Crippen molar-refractivity contribution in [2.75, 3.05) is 13.2 Å². The Balaban J connectivity index is 2.78. The second-order valence-electron chi connectivity index (χ2n) is 6.17. The Bertz CT molecular complexity index is 405. The maximum atomic E-state index is 9.67. The van der Waals surface area contributed by atoms with E-state index in [4.69, 9.17) is 4.74 Å². The third-order valence-electron chi connectivity index (χ3n) is 4.37. The SMILES string of the molecule is CCC(CC)(CO)CNC(C)c1ccccc1OC(C)C. The largest absolute Gasteiger partial charge is 0.491 e. The van der Waals surface area contributed by atoms with Crippen LogP contribution in [0.25, 0.3) is 0 Å². The van der Waals surface area contributed by atoms with Gasteiger partial charge in [-0.2, -0.15) is 0 Å². The minimum Gasteiger partial charge on any atom is -0.491 e. The zero-order valence-corrected chi connectivity index (χ0v) is 14.1. The molecule has 3 heteroatoms. The second-order valence-corrected chi connectivity index (χ2v) is 6.17. The lowest BCUT2D eigenvalue weighted by Crippen LogP contribution is -2.37. The second kappa shape index (κ2) is 8.40. The van der Waals surface area contributed by atoms with E-state index in [0.717, 1.165) is 25.1 Å². The molecule has 0 aliphatic rings. The first-order valence-electron chi connectivity index (χ1n) is 8.07. The van der Waals surface area contributed by atoms with Crippen LogP contribution in [0.4, 0.5) is 0 Å². The molecular weight excluding hydrogens is 262 g/mol. The van der Waals surface area contributed by atoms with Gasteiger partial charge in [0.25, 0.3) is 0 Å². The number of benzene rings is 1. The van der Waals surface area contributed by atoms with Crippen LogP contribution in [0.1, 0.15) is 59.1 Å². The van der Waals surface area contributed by atoms with Gasteiger partial charge in [-0.3, -0.25) is 0 Å². The number of para-hydroxylation sites is 1. The van der Waals surface area contributed by atoms with Gasteiger partial charge in [0.15, 0.2) is 0 Å². The highest BCUT2D eigenvalue weighted by atomic mass is 16.5. The summed E-state index contributed by atoms with van der Waals surface area (Å²) in [6.45, 7) is 11.6. The van der Waals surface area contributed by atoms with Crippen molar-refractivity contribution in [3.05, 3.63) is 29.8 Å². The quantitative estimate of drug-likeness (QED) is 0.725. The first kappa shape index (κ1) is 18.0. The van der Waals surface area contributed by atoms with Gasteiger partial charge in [0.1, 0.15) is 5.75 Å². The van der Waals surface area contributed by atoms with E-state index >= 15 is 0 Å². The summed E-state index contributed by atoms with van der Waals surface area (Å²) in [5, 5.41) is 13.2. The maximum Gasteiger partial charge on any atom is 0.124 e. The van der Waals surface area contributed by atoms with Gasteiger partial charge < -0.3 is 15.2 Å². The van der Waals surface area contributed by atoms with Crippen LogP contribution in [-0.2, 0) is 0 Å². The topological polar surface area (TPSA) is 41.5 Å². The summed E-state index contributed by atoms with van der Waals surface area (Å²) >= 11 is 0. The van der Waals surface area contributed by atoms with Crippen molar-refractivity contribution in [2.45, 2.75) is 59.6 Å². The first-order chi connectivity index (χ1) is 9.98. The van der Waals surface area contributed by atoms with Crippen LogP contribution in [0.2, 0.25) is 0 Å². The molecule has 120 valence electrons. The Kier molecular flexibility index (Phi) is 7.20. The summed E-state index contributed by atoms with van der Waals surface area (Å²) in [6.07, 6.45) is 2.12. The Hall–Kier alpha value is -1.06. The molecular formula is C18H31NO2. The third-order valence-corrected chi connectivity index (χ3v) is 4.37. The van der Waals surface area contributed by atoms with Crippen LogP contribution >= 0.6 is 0 Å². The van der Waals surface area contributed by atoms with Crippen LogP contribution in [0.5, 0.6) is 5.75 Å². The summed E-state index contributed by atoms with van der Waals surface area (Å²) in [7, 11) is 0. The molecule has 0 amide bonds. The standard InChI is InChI=1S/C18H31NO2/c1-6-18(7-2,13-20)12-19-15(5)16-10-8-9-11-17(16)21-14(3)4/h8-11,14-15,19-20H,6-7,12-13H2,1-5H3. The van der Waals surface area contributed by atoms with Crippen LogP contribution in [0, 0.1) is 5.41 Å². The van der Waals surface area contributed by atoms with Gasteiger partial charge in [0.05, 0.1) is 6.10 Å². The van der Waals surface area contributed by atoms with E-state index in [1.807, 2.05) is 32.0 Å². The van der Waals surface area contributed by atoms with Gasteiger partial charge >= 0.3 is 0 Å². The fourth-order valence-corrected chi connectivity index (χ4v) is 2.46. The normalized spacial score (nSPS) is 13.5. The van der Waals surface area contributed by atoms with E-state index in [1.165, 1.54) is 5.56 Å². The summed E-state index contributed by atoms with van der Waals surface area (Å²) < 4.78 is 5.89. The molecule has 0 aliphatic carbocycles. The van der Waals surface area contributed by atoms with Crippen LogP contribution in [0.3, 0.4) is 0 Å². The van der Waals surface area contributed by atoms with E-state index in [1.54, 1.807) is 0 Å². The highest BCUT2D eigenvalue weighted by molar-refractivity contribution is 5.35. The lowest BCUT2D eigenvalue weighted by molar-refractivity contribution is 0.110. The predicted octanol–water partition coefficient (Wildman–Crippen LogP) is 3.92. The van der Waals surface area contributed by atoms with Gasteiger partial charge in [-0.05, 0) is 39.7 Å². The van der Waals surface area contributed by atoms with Gasteiger partial charge in [0, 0.05) is 30.2 Å². The molecule has 0 aromatic heterocycles. The average molecular weight is 293 g/mol. The highest BCUT2D eigenvalue weighted by Gasteiger charge is 2.26. The van der Waals surface area contributed by atoms with Crippen molar-refractivity contribution in [2.24, 2.45) is 5.41 Å². The number of aliphatic hydroxyl groups is 1. The van der Waals surface area contributed by atoms with Crippen LogP contribution in [0.15, 0.2) is 24.3 Å². The number of aliphatic hydroxyl groups excluding tert-OH is 1. The Labute approximate surface area is 129 Å². The molecule has 21 heavy (non-hydrogen) atoms. The van der Waals surface area contributed by atoms with E-state index in [0.29, 0.717) is 0 Å². The molecule has 1 aromatic rings. The molecule has 1 rings (SSSR count). The number of nitrogens with one attached hydrogen (secondary N) is 1. The van der Waals surface area contributed by atoms with Gasteiger partial charge in [-0.1, -0.05) is 32.0 Å². The monoisotopic (exact) mass is 293 g/mol. The van der Waals surface area contributed by atoms with E-state index in [-0.39, 0.29) is 24.2 Å². The van der Waals surface area contributed by atoms with Crippen molar-refractivity contribution in [3.8, 4) is 5.75 Å².